The first-order chi connectivity index (χ1) is 19.0. The molecule has 2 aromatic carbocycles. The highest BCUT2D eigenvalue weighted by Gasteiger charge is 2.38. The number of aromatic nitrogens is 1. The fraction of sp³-hybridized carbons (Fsp3) is 0.455. The van der Waals surface area contributed by atoms with E-state index < -0.39 is 11.6 Å². The van der Waals surface area contributed by atoms with Crippen LogP contribution in [0.2, 0.25) is 0 Å². The molecular formula is C33H37F2NO4. The highest BCUT2D eigenvalue weighted by molar-refractivity contribution is 5.72. The summed E-state index contributed by atoms with van der Waals surface area (Å²) in [7, 11) is 2.88. The third-order valence-corrected chi connectivity index (χ3v) is 9.01. The highest BCUT2D eigenvalue weighted by atomic mass is 19.1. The Morgan fingerprint density at radius 1 is 1.02 bits per heavy atom. The van der Waals surface area contributed by atoms with Crippen LogP contribution in [-0.2, 0) is 28.0 Å². The molecule has 5 rings (SSSR count). The monoisotopic (exact) mass is 549 g/mol. The van der Waals surface area contributed by atoms with Gasteiger partial charge in [0.05, 0.1) is 26.8 Å². The Hall–Kier alpha value is -3.48. The molecule has 7 heteroatoms. The van der Waals surface area contributed by atoms with Crippen molar-refractivity contribution in [3.63, 3.8) is 0 Å². The zero-order chi connectivity index (χ0) is 28.7. The van der Waals surface area contributed by atoms with Crippen LogP contribution < -0.4 is 9.47 Å². The molecule has 0 radical (unpaired) electrons. The van der Waals surface area contributed by atoms with Crippen LogP contribution in [0.15, 0.2) is 42.6 Å². The van der Waals surface area contributed by atoms with Gasteiger partial charge in [0.1, 0.15) is 24.0 Å². The van der Waals surface area contributed by atoms with Crippen molar-refractivity contribution in [3.05, 3.63) is 76.5 Å². The summed E-state index contributed by atoms with van der Waals surface area (Å²) in [5.41, 5.74) is 4.05. The Kier molecular flexibility index (Phi) is 7.60. The first-order valence-electron chi connectivity index (χ1n) is 13.9. The van der Waals surface area contributed by atoms with E-state index in [2.05, 4.69) is 25.8 Å². The number of halogens is 2. The maximum atomic E-state index is 15.6. The quantitative estimate of drug-likeness (QED) is 0.270. The molecule has 0 bridgehead atoms. The van der Waals surface area contributed by atoms with Crippen LogP contribution in [0, 0.1) is 17.0 Å². The summed E-state index contributed by atoms with van der Waals surface area (Å²) >= 11 is 0. The SMILES string of the molecule is COC(=O)C[C@@]1(C)CCc2ccc(OCc3cc([C@H]4CCCC4(C)C)c(-c4cc(OC)ncc4F)cc3F)cc21. The summed E-state index contributed by atoms with van der Waals surface area (Å²) in [6.07, 6.45) is 6.20. The molecule has 0 amide bonds. The van der Waals surface area contributed by atoms with Gasteiger partial charge in [0.25, 0.3) is 0 Å². The molecule has 0 unspecified atom stereocenters. The zero-order valence-electron chi connectivity index (χ0n) is 23.9. The van der Waals surface area contributed by atoms with Crippen molar-refractivity contribution in [2.75, 3.05) is 14.2 Å². The third-order valence-electron chi connectivity index (χ3n) is 9.01. The number of rotatable bonds is 8. The van der Waals surface area contributed by atoms with Gasteiger partial charge in [-0.15, -0.1) is 0 Å². The lowest BCUT2D eigenvalue weighted by Crippen LogP contribution is -2.23. The summed E-state index contributed by atoms with van der Waals surface area (Å²) in [6, 6.07) is 10.7. The molecule has 3 aromatic rings. The van der Waals surface area contributed by atoms with Gasteiger partial charge in [0, 0.05) is 22.6 Å². The molecule has 0 spiro atoms. The minimum Gasteiger partial charge on any atom is -0.489 e. The summed E-state index contributed by atoms with van der Waals surface area (Å²) in [4.78, 5) is 16.0. The fourth-order valence-electron chi connectivity index (χ4n) is 6.62. The van der Waals surface area contributed by atoms with Crippen LogP contribution in [0.25, 0.3) is 11.1 Å². The number of carbonyl (C=O) groups is 1. The largest absolute Gasteiger partial charge is 0.489 e. The number of ether oxygens (including phenoxy) is 3. The first-order valence-corrected chi connectivity index (χ1v) is 13.9. The van der Waals surface area contributed by atoms with E-state index in [0.717, 1.165) is 49.4 Å². The van der Waals surface area contributed by atoms with Gasteiger partial charge in [-0.2, -0.15) is 0 Å². The van der Waals surface area contributed by atoms with Crippen molar-refractivity contribution >= 4 is 5.97 Å². The second-order valence-corrected chi connectivity index (χ2v) is 12.1. The second-order valence-electron chi connectivity index (χ2n) is 12.1. The lowest BCUT2D eigenvalue weighted by Gasteiger charge is -2.30. The summed E-state index contributed by atoms with van der Waals surface area (Å²) in [6.45, 7) is 6.53. The van der Waals surface area contributed by atoms with Gasteiger partial charge in [0.2, 0.25) is 5.88 Å². The second kappa shape index (κ2) is 10.8. The van der Waals surface area contributed by atoms with E-state index in [-0.39, 0.29) is 40.8 Å². The van der Waals surface area contributed by atoms with E-state index in [0.29, 0.717) is 23.3 Å². The minimum atomic E-state index is -0.519. The number of hydrogen-bond donors (Lipinski definition) is 0. The van der Waals surface area contributed by atoms with Crippen LogP contribution in [0.3, 0.4) is 0 Å². The van der Waals surface area contributed by atoms with Crippen LogP contribution in [0.4, 0.5) is 8.78 Å². The van der Waals surface area contributed by atoms with Crippen molar-refractivity contribution in [1.29, 1.82) is 0 Å². The molecule has 0 N–H and O–H groups in total. The molecule has 1 heterocycles. The van der Waals surface area contributed by atoms with E-state index in [1.807, 2.05) is 24.3 Å². The average Bonchev–Trinajstić information content (AvgIpc) is 3.45. The average molecular weight is 550 g/mol. The zero-order valence-corrected chi connectivity index (χ0v) is 23.9. The molecule has 1 fully saturated rings. The third kappa shape index (κ3) is 5.30. The number of pyridine rings is 1. The number of fused-ring (bicyclic) bond motifs is 1. The molecule has 0 aliphatic heterocycles. The van der Waals surface area contributed by atoms with E-state index in [9.17, 15) is 4.79 Å². The van der Waals surface area contributed by atoms with E-state index in [4.69, 9.17) is 14.2 Å². The number of hydrogen-bond acceptors (Lipinski definition) is 5. The van der Waals surface area contributed by atoms with Crippen molar-refractivity contribution in [3.8, 4) is 22.8 Å². The summed E-state index contributed by atoms with van der Waals surface area (Å²) in [5.74, 6) is -0.186. The number of esters is 1. The minimum absolute atomic E-state index is 0.0115. The number of benzene rings is 2. The van der Waals surface area contributed by atoms with E-state index in [1.54, 1.807) is 0 Å². The van der Waals surface area contributed by atoms with Gasteiger partial charge >= 0.3 is 5.97 Å². The Bertz CT molecular complexity index is 1440. The maximum absolute atomic E-state index is 15.6. The molecule has 2 aliphatic carbocycles. The highest BCUT2D eigenvalue weighted by Crippen LogP contribution is 2.52. The molecular weight excluding hydrogens is 512 g/mol. The van der Waals surface area contributed by atoms with Crippen LogP contribution >= 0.6 is 0 Å². The van der Waals surface area contributed by atoms with Gasteiger partial charge < -0.3 is 14.2 Å². The summed E-state index contributed by atoms with van der Waals surface area (Å²) < 4.78 is 47.0. The van der Waals surface area contributed by atoms with Gasteiger partial charge in [-0.3, -0.25) is 4.79 Å². The number of methoxy groups -OCH3 is 2. The van der Waals surface area contributed by atoms with E-state index in [1.165, 1.54) is 31.9 Å². The molecule has 5 nitrogen and oxygen atoms in total. The fourth-order valence-corrected chi connectivity index (χ4v) is 6.62. The van der Waals surface area contributed by atoms with Crippen molar-refractivity contribution in [1.82, 2.24) is 4.98 Å². The van der Waals surface area contributed by atoms with Gasteiger partial charge in [-0.05, 0) is 83.5 Å². The molecule has 2 aliphatic rings. The van der Waals surface area contributed by atoms with Gasteiger partial charge in [0.15, 0.2) is 0 Å². The lowest BCUT2D eigenvalue weighted by atomic mass is 9.75. The van der Waals surface area contributed by atoms with Crippen LogP contribution in [-0.4, -0.2) is 25.2 Å². The number of aryl methyl sites for hydroxylation is 1. The van der Waals surface area contributed by atoms with Crippen molar-refractivity contribution < 1.29 is 27.8 Å². The van der Waals surface area contributed by atoms with Crippen LogP contribution in [0.1, 0.15) is 81.0 Å². The standard InChI is InChI=1S/C33H37F2NO4/c1-32(2)11-6-7-26(32)24-13-21(28(34)15-23(24)25-16-30(38-4)36-18-29(25)35)19-40-22-9-8-20-10-12-33(3,27(20)14-22)17-31(37)39-5/h8-9,13-16,18,26H,6-7,10-12,17,19H2,1-5H3/t26-,33-/m1/s1. The Morgan fingerprint density at radius 2 is 1.82 bits per heavy atom. The first kappa shape index (κ1) is 28.1. The number of carbonyl (C=O) groups excluding carboxylic acids is 1. The normalized spacial score (nSPS) is 21.2. The predicted octanol–water partition coefficient (Wildman–Crippen LogP) is 7.68. The molecule has 0 saturated heterocycles. The molecule has 1 saturated carbocycles. The Labute approximate surface area is 234 Å². The molecule has 212 valence electrons. The van der Waals surface area contributed by atoms with Crippen LogP contribution in [0.5, 0.6) is 11.6 Å². The Morgan fingerprint density at radius 3 is 2.52 bits per heavy atom. The Balaban J connectivity index is 1.48. The van der Waals surface area contributed by atoms with E-state index >= 15 is 8.78 Å². The molecule has 2 atom stereocenters. The number of nitrogens with zero attached hydrogens (tertiary/aromatic N) is 1. The molecule has 40 heavy (non-hydrogen) atoms. The van der Waals surface area contributed by atoms with Gasteiger partial charge in [-0.25, -0.2) is 13.8 Å². The maximum Gasteiger partial charge on any atom is 0.306 e. The topological polar surface area (TPSA) is 57.7 Å². The lowest BCUT2D eigenvalue weighted by molar-refractivity contribution is -0.142. The van der Waals surface area contributed by atoms with Gasteiger partial charge in [-0.1, -0.05) is 33.3 Å². The molecule has 1 aromatic heterocycles. The van der Waals surface area contributed by atoms with Crippen molar-refractivity contribution in [2.24, 2.45) is 5.41 Å². The summed E-state index contributed by atoms with van der Waals surface area (Å²) in [5, 5.41) is 0. The predicted molar refractivity (Wildman–Crippen MR) is 150 cm³/mol. The van der Waals surface area contributed by atoms with Crippen molar-refractivity contribution in [2.45, 2.75) is 77.2 Å². The smallest absolute Gasteiger partial charge is 0.306 e.